The molecule has 0 aliphatic heterocycles. The average Bonchev–Trinajstić information content (AvgIpc) is 2.38. The van der Waals surface area contributed by atoms with Gasteiger partial charge in [0.15, 0.2) is 6.10 Å². The van der Waals surface area contributed by atoms with Gasteiger partial charge in [0, 0.05) is 0 Å². The van der Waals surface area contributed by atoms with Crippen molar-refractivity contribution in [3.8, 4) is 12.5 Å². The minimum atomic E-state index is -0.188. The van der Waals surface area contributed by atoms with Crippen LogP contribution in [0.15, 0.2) is 60.7 Å². The summed E-state index contributed by atoms with van der Waals surface area (Å²) < 4.78 is 5.34. The quantitative estimate of drug-likeness (QED) is 0.702. The highest BCUT2D eigenvalue weighted by atomic mass is 16.5. The van der Waals surface area contributed by atoms with Crippen LogP contribution < -0.4 is 0 Å². The molecular formula is C15H12O. The zero-order chi connectivity index (χ0) is 11.2. The molecule has 0 spiro atoms. The molecule has 0 saturated heterocycles. The normalized spacial score (nSPS) is 9.75. The number of ether oxygens (including phenoxy) is 1. The van der Waals surface area contributed by atoms with Crippen LogP contribution in [0.4, 0.5) is 0 Å². The first-order chi connectivity index (χ1) is 7.92. The van der Waals surface area contributed by atoms with E-state index < -0.39 is 0 Å². The summed E-state index contributed by atoms with van der Waals surface area (Å²) in [4.78, 5) is 0. The van der Waals surface area contributed by atoms with Crippen molar-refractivity contribution in [2.75, 3.05) is 0 Å². The van der Waals surface area contributed by atoms with Crippen molar-refractivity contribution in [2.45, 2.75) is 6.10 Å². The van der Waals surface area contributed by atoms with Crippen LogP contribution in [0.5, 0.6) is 0 Å². The lowest BCUT2D eigenvalue weighted by Crippen LogP contribution is -2.02. The third-order valence-corrected chi connectivity index (χ3v) is 2.39. The van der Waals surface area contributed by atoms with E-state index in [4.69, 9.17) is 11.2 Å². The number of hydrogen-bond donors (Lipinski definition) is 0. The van der Waals surface area contributed by atoms with Crippen LogP contribution in [0.25, 0.3) is 0 Å². The Bertz CT molecular complexity index is 428. The molecule has 0 aromatic heterocycles. The van der Waals surface area contributed by atoms with E-state index >= 15 is 0 Å². The maximum absolute atomic E-state index is 5.34. The van der Waals surface area contributed by atoms with Gasteiger partial charge >= 0.3 is 0 Å². The molecule has 0 aliphatic rings. The molecule has 0 bridgehead atoms. The first-order valence-corrected chi connectivity index (χ1v) is 5.13. The number of benzene rings is 2. The number of terminal acetylenes is 1. The molecule has 0 fully saturated rings. The molecule has 1 nitrogen and oxygen atoms in total. The molecule has 0 radical (unpaired) electrons. The summed E-state index contributed by atoms with van der Waals surface area (Å²) in [5.41, 5.74) is 2.12. The van der Waals surface area contributed by atoms with Gasteiger partial charge in [0.25, 0.3) is 0 Å². The lowest BCUT2D eigenvalue weighted by molar-refractivity contribution is 0.208. The Kier molecular flexibility index (Phi) is 3.25. The minimum absolute atomic E-state index is 0.188. The van der Waals surface area contributed by atoms with Crippen LogP contribution in [-0.4, -0.2) is 0 Å². The van der Waals surface area contributed by atoms with Crippen molar-refractivity contribution in [2.24, 2.45) is 0 Å². The Morgan fingerprint density at radius 2 is 1.25 bits per heavy atom. The Balaban J connectivity index is 2.36. The highest BCUT2D eigenvalue weighted by Gasteiger charge is 2.13. The van der Waals surface area contributed by atoms with Crippen LogP contribution in [0, 0.1) is 12.5 Å². The number of rotatable bonds is 3. The van der Waals surface area contributed by atoms with E-state index in [1.807, 2.05) is 60.7 Å². The van der Waals surface area contributed by atoms with E-state index in [1.165, 1.54) is 0 Å². The Morgan fingerprint density at radius 3 is 1.62 bits per heavy atom. The summed E-state index contributed by atoms with van der Waals surface area (Å²) >= 11 is 0. The number of hydrogen-bond acceptors (Lipinski definition) is 1. The second-order valence-electron chi connectivity index (χ2n) is 3.44. The van der Waals surface area contributed by atoms with Crippen LogP contribution >= 0.6 is 0 Å². The van der Waals surface area contributed by atoms with Crippen LogP contribution in [0.2, 0.25) is 0 Å². The first kappa shape index (κ1) is 10.3. The average molecular weight is 208 g/mol. The molecule has 0 aliphatic carbocycles. The third-order valence-electron chi connectivity index (χ3n) is 2.39. The monoisotopic (exact) mass is 208 g/mol. The summed E-state index contributed by atoms with van der Waals surface area (Å²) in [6, 6.07) is 19.9. The van der Waals surface area contributed by atoms with Gasteiger partial charge in [-0.3, -0.25) is 0 Å². The van der Waals surface area contributed by atoms with Crippen molar-refractivity contribution in [3.63, 3.8) is 0 Å². The Morgan fingerprint density at radius 1 is 0.812 bits per heavy atom. The minimum Gasteiger partial charge on any atom is -0.434 e. The van der Waals surface area contributed by atoms with Crippen molar-refractivity contribution in [1.82, 2.24) is 0 Å². The van der Waals surface area contributed by atoms with Crippen molar-refractivity contribution in [1.29, 1.82) is 0 Å². The van der Waals surface area contributed by atoms with E-state index in [-0.39, 0.29) is 6.10 Å². The molecule has 2 aromatic carbocycles. The summed E-state index contributed by atoms with van der Waals surface area (Å²) in [5, 5.41) is 0. The highest BCUT2D eigenvalue weighted by molar-refractivity contribution is 5.30. The van der Waals surface area contributed by atoms with Gasteiger partial charge in [0.1, 0.15) is 6.11 Å². The van der Waals surface area contributed by atoms with Gasteiger partial charge in [0.2, 0.25) is 0 Å². The molecule has 0 unspecified atom stereocenters. The molecule has 1 heteroatoms. The fourth-order valence-corrected chi connectivity index (χ4v) is 1.65. The largest absolute Gasteiger partial charge is 0.434 e. The lowest BCUT2D eigenvalue weighted by Gasteiger charge is -2.15. The van der Waals surface area contributed by atoms with Gasteiger partial charge in [-0.15, -0.1) is 0 Å². The smallest absolute Gasteiger partial charge is 0.161 e. The maximum Gasteiger partial charge on any atom is 0.161 e. The van der Waals surface area contributed by atoms with Crippen molar-refractivity contribution < 1.29 is 4.74 Å². The summed E-state index contributed by atoms with van der Waals surface area (Å²) in [6.45, 7) is 0. The van der Waals surface area contributed by atoms with Crippen LogP contribution in [-0.2, 0) is 4.74 Å². The summed E-state index contributed by atoms with van der Waals surface area (Å²) in [7, 11) is 0. The fraction of sp³-hybridized carbons (Fsp3) is 0.0667. The van der Waals surface area contributed by atoms with Crippen molar-refractivity contribution >= 4 is 0 Å². The predicted octanol–water partition coefficient (Wildman–Crippen LogP) is 3.38. The molecule has 78 valence electrons. The molecule has 0 heterocycles. The summed E-state index contributed by atoms with van der Waals surface area (Å²) in [6.07, 6.45) is 7.31. The third kappa shape index (κ3) is 2.24. The maximum atomic E-state index is 5.34. The zero-order valence-corrected chi connectivity index (χ0v) is 8.84. The molecule has 0 N–H and O–H groups in total. The van der Waals surface area contributed by atoms with E-state index in [0.717, 1.165) is 11.1 Å². The zero-order valence-electron chi connectivity index (χ0n) is 8.84. The standard InChI is InChI=1S/C15H12O/c1-2-16-15(13-9-5-3-6-10-13)14-11-7-4-8-12-14/h1,3-12,15H. The molecule has 2 rings (SSSR count). The van der Waals surface area contributed by atoms with Crippen LogP contribution in [0.1, 0.15) is 17.2 Å². The molecule has 0 amide bonds. The van der Waals surface area contributed by atoms with Gasteiger partial charge < -0.3 is 4.74 Å². The van der Waals surface area contributed by atoms with Gasteiger partial charge in [0.05, 0.1) is 0 Å². The van der Waals surface area contributed by atoms with E-state index in [0.29, 0.717) is 0 Å². The molecule has 16 heavy (non-hydrogen) atoms. The van der Waals surface area contributed by atoms with Gasteiger partial charge in [-0.2, -0.15) is 0 Å². The van der Waals surface area contributed by atoms with E-state index in [9.17, 15) is 0 Å². The van der Waals surface area contributed by atoms with Gasteiger partial charge in [-0.25, -0.2) is 0 Å². The Labute approximate surface area is 95.7 Å². The van der Waals surface area contributed by atoms with Crippen molar-refractivity contribution in [3.05, 3.63) is 71.8 Å². The first-order valence-electron chi connectivity index (χ1n) is 5.13. The predicted molar refractivity (Wildman–Crippen MR) is 64.6 cm³/mol. The van der Waals surface area contributed by atoms with Gasteiger partial charge in [-0.1, -0.05) is 67.1 Å². The highest BCUT2D eigenvalue weighted by Crippen LogP contribution is 2.24. The molecule has 2 aromatic rings. The second kappa shape index (κ2) is 5.04. The van der Waals surface area contributed by atoms with E-state index in [1.54, 1.807) is 0 Å². The van der Waals surface area contributed by atoms with E-state index in [2.05, 4.69) is 6.11 Å². The molecule has 0 saturated carbocycles. The fourth-order valence-electron chi connectivity index (χ4n) is 1.65. The topological polar surface area (TPSA) is 9.23 Å². The summed E-state index contributed by atoms with van der Waals surface area (Å²) in [5.74, 6) is 0. The SMILES string of the molecule is C#COC(c1ccccc1)c1ccccc1. The Hall–Kier alpha value is -2.20. The molecular weight excluding hydrogens is 196 g/mol. The van der Waals surface area contributed by atoms with Crippen LogP contribution in [0.3, 0.4) is 0 Å². The second-order valence-corrected chi connectivity index (χ2v) is 3.44. The molecule has 0 atom stereocenters. The van der Waals surface area contributed by atoms with Gasteiger partial charge in [-0.05, 0) is 11.1 Å². The lowest BCUT2D eigenvalue weighted by atomic mass is 10.0.